The molecule has 0 bridgehead atoms. The van der Waals surface area contributed by atoms with E-state index in [1.54, 1.807) is 39.0 Å². The summed E-state index contributed by atoms with van der Waals surface area (Å²) < 4.78 is 11.5. The van der Waals surface area contributed by atoms with Crippen LogP contribution in [0.1, 0.15) is 37.8 Å². The largest absolute Gasteiger partial charge is 0.478 e. The van der Waals surface area contributed by atoms with Gasteiger partial charge in [0.25, 0.3) is 0 Å². The number of Topliss-reactive ketones (excluding diaryl/α,β-unsaturated/α-hetero) is 1. The van der Waals surface area contributed by atoms with Gasteiger partial charge in [-0.3, -0.25) is 9.59 Å². The van der Waals surface area contributed by atoms with Crippen LogP contribution in [0.3, 0.4) is 0 Å². The van der Waals surface area contributed by atoms with Gasteiger partial charge in [-0.05, 0) is 33.8 Å². The molecule has 0 amide bonds. The van der Waals surface area contributed by atoms with Gasteiger partial charge >= 0.3 is 11.9 Å². The molecule has 1 aliphatic heterocycles. The third-order valence-corrected chi connectivity index (χ3v) is 6.14. The molecule has 1 aliphatic rings. The molecule has 4 rings (SSSR count). The van der Waals surface area contributed by atoms with Crippen LogP contribution in [0.4, 0.5) is 0 Å². The summed E-state index contributed by atoms with van der Waals surface area (Å²) in [4.78, 5) is 50.3. The monoisotopic (exact) mass is 487 g/mol. The molecule has 1 unspecified atom stereocenters. The minimum atomic E-state index is -1.25. The number of para-hydroxylation sites is 1. The van der Waals surface area contributed by atoms with Gasteiger partial charge in [0.15, 0.2) is 11.2 Å². The second-order valence-corrected chi connectivity index (χ2v) is 8.69. The maximum atomic E-state index is 13.4. The van der Waals surface area contributed by atoms with Crippen molar-refractivity contribution in [2.24, 2.45) is 0 Å². The molecular weight excluding hydrogens is 462 g/mol. The van der Waals surface area contributed by atoms with Crippen LogP contribution >= 0.6 is 0 Å². The summed E-state index contributed by atoms with van der Waals surface area (Å²) in [6, 6.07) is 14.0. The maximum absolute atomic E-state index is 13.4. The van der Waals surface area contributed by atoms with Crippen LogP contribution in [0.15, 0.2) is 80.3 Å². The van der Waals surface area contributed by atoms with Crippen molar-refractivity contribution in [3.05, 3.63) is 92.4 Å². The Morgan fingerprint density at radius 3 is 2.28 bits per heavy atom. The molecule has 0 fully saturated rings. The van der Waals surface area contributed by atoms with Crippen molar-refractivity contribution < 1.29 is 28.6 Å². The molecule has 184 valence electrons. The van der Waals surface area contributed by atoms with E-state index in [9.17, 15) is 24.3 Å². The van der Waals surface area contributed by atoms with Gasteiger partial charge in [0.1, 0.15) is 18.0 Å². The fourth-order valence-electron chi connectivity index (χ4n) is 4.53. The number of esters is 1. The number of hydrogen-bond acceptors (Lipinski definition) is 7. The van der Waals surface area contributed by atoms with Gasteiger partial charge in [0.2, 0.25) is 0 Å². The molecule has 1 atom stereocenters. The molecule has 0 saturated carbocycles. The Balaban J connectivity index is 2.03. The summed E-state index contributed by atoms with van der Waals surface area (Å²) in [5, 5.41) is 13.3. The van der Waals surface area contributed by atoms with Crippen molar-refractivity contribution >= 4 is 28.7 Å². The minimum absolute atomic E-state index is 0.0243. The van der Waals surface area contributed by atoms with Crippen LogP contribution in [0.5, 0.6) is 0 Å². The molecule has 2 heterocycles. The van der Waals surface area contributed by atoms with E-state index in [1.165, 1.54) is 6.92 Å². The molecule has 0 spiro atoms. The number of ether oxygens (including phenoxy) is 1. The predicted octanol–water partition coefficient (Wildman–Crippen LogP) is 4.22. The first-order chi connectivity index (χ1) is 17.1. The molecule has 3 aromatic rings. The average Bonchev–Trinajstić information content (AvgIpc) is 2.84. The number of carboxylic acids is 1. The Hall–Kier alpha value is -4.46. The van der Waals surface area contributed by atoms with E-state index in [0.717, 1.165) is 0 Å². The summed E-state index contributed by atoms with van der Waals surface area (Å²) in [7, 11) is 0. The lowest BCUT2D eigenvalue weighted by atomic mass is 9.79. The summed E-state index contributed by atoms with van der Waals surface area (Å²) in [5.41, 5.74) is 1.99. The lowest BCUT2D eigenvalue weighted by Crippen LogP contribution is -2.32. The van der Waals surface area contributed by atoms with Crippen molar-refractivity contribution in [2.75, 3.05) is 6.61 Å². The highest BCUT2D eigenvalue weighted by molar-refractivity contribution is 6.01. The standard InChI is InChI=1S/C28H25NO7/c1-14(30)13-35-28(34)22-17(4)29-16(3)21(27(32)33)23(22)19-11-8-12-20-24(31)15(2)25(36-26(19)20)18-9-6-5-7-10-18/h5-12,23,29H,13H2,1-4H3,(H,32,33). The number of hydrogen-bond donors (Lipinski definition) is 2. The fourth-order valence-corrected chi connectivity index (χ4v) is 4.53. The van der Waals surface area contributed by atoms with E-state index < -0.39 is 24.5 Å². The first-order valence-electron chi connectivity index (χ1n) is 11.3. The fraction of sp³-hybridized carbons (Fsp3) is 0.214. The second-order valence-electron chi connectivity index (χ2n) is 8.69. The van der Waals surface area contributed by atoms with Gasteiger partial charge in [-0.25, -0.2) is 9.59 Å². The van der Waals surface area contributed by atoms with Crippen LogP contribution in [-0.4, -0.2) is 29.4 Å². The number of nitrogens with one attached hydrogen (secondary N) is 1. The zero-order chi connectivity index (χ0) is 26.1. The highest BCUT2D eigenvalue weighted by atomic mass is 16.5. The predicted molar refractivity (Wildman–Crippen MR) is 133 cm³/mol. The van der Waals surface area contributed by atoms with E-state index >= 15 is 0 Å². The number of allylic oxidation sites excluding steroid dienone is 2. The van der Waals surface area contributed by atoms with Gasteiger partial charge in [-0.1, -0.05) is 42.5 Å². The zero-order valence-corrected chi connectivity index (χ0v) is 20.3. The summed E-state index contributed by atoms with van der Waals surface area (Å²) in [6.07, 6.45) is 0. The lowest BCUT2D eigenvalue weighted by Gasteiger charge is -2.30. The first-order valence-corrected chi connectivity index (χ1v) is 11.3. The number of carbonyl (C=O) groups excluding carboxylic acids is 2. The van der Waals surface area contributed by atoms with Crippen molar-refractivity contribution in [1.82, 2.24) is 5.32 Å². The number of fused-ring (bicyclic) bond motifs is 1. The molecule has 1 aromatic heterocycles. The van der Waals surface area contributed by atoms with Crippen molar-refractivity contribution in [2.45, 2.75) is 33.6 Å². The molecule has 2 N–H and O–H groups in total. The summed E-state index contributed by atoms with van der Waals surface area (Å²) in [6.45, 7) is 5.73. The second kappa shape index (κ2) is 9.65. The number of aliphatic carboxylic acids is 1. The smallest absolute Gasteiger partial charge is 0.337 e. The zero-order valence-electron chi connectivity index (χ0n) is 20.3. The third kappa shape index (κ3) is 4.33. The van der Waals surface area contributed by atoms with Gasteiger partial charge in [-0.2, -0.15) is 0 Å². The molecule has 8 heteroatoms. The van der Waals surface area contributed by atoms with Crippen molar-refractivity contribution in [3.8, 4) is 11.3 Å². The Morgan fingerprint density at radius 2 is 1.64 bits per heavy atom. The Labute approximate surface area is 206 Å². The van der Waals surface area contributed by atoms with E-state index in [4.69, 9.17) is 9.15 Å². The third-order valence-electron chi connectivity index (χ3n) is 6.14. The summed E-state index contributed by atoms with van der Waals surface area (Å²) >= 11 is 0. The summed E-state index contributed by atoms with van der Waals surface area (Å²) in [5.74, 6) is -3.19. The highest BCUT2D eigenvalue weighted by Gasteiger charge is 2.39. The quantitative estimate of drug-likeness (QED) is 0.496. The molecule has 8 nitrogen and oxygen atoms in total. The Morgan fingerprint density at radius 1 is 0.972 bits per heavy atom. The van der Waals surface area contributed by atoms with Gasteiger partial charge in [0.05, 0.1) is 22.5 Å². The number of dihydropyridines is 1. The molecule has 0 aliphatic carbocycles. The first kappa shape index (κ1) is 24.7. The number of ketones is 1. The minimum Gasteiger partial charge on any atom is -0.478 e. The molecule has 0 saturated heterocycles. The van der Waals surface area contributed by atoms with E-state index in [1.807, 2.05) is 30.3 Å². The maximum Gasteiger partial charge on any atom is 0.337 e. The number of carboxylic acid groups (broad SMARTS) is 1. The normalized spacial score (nSPS) is 15.6. The molecule has 2 aromatic carbocycles. The van der Waals surface area contributed by atoms with E-state index in [-0.39, 0.29) is 33.3 Å². The topological polar surface area (TPSA) is 123 Å². The Kier molecular flexibility index (Phi) is 6.61. The van der Waals surface area contributed by atoms with Crippen LogP contribution in [0.25, 0.3) is 22.3 Å². The average molecular weight is 488 g/mol. The van der Waals surface area contributed by atoms with Crippen molar-refractivity contribution in [3.63, 3.8) is 0 Å². The number of carbonyl (C=O) groups is 3. The molecule has 0 radical (unpaired) electrons. The van der Waals surface area contributed by atoms with Gasteiger partial charge < -0.3 is 19.6 Å². The number of benzene rings is 2. The van der Waals surface area contributed by atoms with Gasteiger partial charge in [-0.15, -0.1) is 0 Å². The van der Waals surface area contributed by atoms with Crippen LogP contribution < -0.4 is 10.7 Å². The highest BCUT2D eigenvalue weighted by Crippen LogP contribution is 2.42. The van der Waals surface area contributed by atoms with E-state index in [0.29, 0.717) is 33.8 Å². The SMILES string of the molecule is CC(=O)COC(=O)C1=C(C)NC(C)=C(C(=O)O)C1c1cccc2c(=O)c(C)c(-c3ccccc3)oc12. The molecule has 36 heavy (non-hydrogen) atoms. The Bertz CT molecular complexity index is 1530. The van der Waals surface area contributed by atoms with E-state index in [2.05, 4.69) is 5.32 Å². The van der Waals surface area contributed by atoms with Crippen molar-refractivity contribution in [1.29, 1.82) is 0 Å². The lowest BCUT2D eigenvalue weighted by molar-refractivity contribution is -0.144. The number of rotatable bonds is 6. The van der Waals surface area contributed by atoms with Crippen LogP contribution in [0.2, 0.25) is 0 Å². The van der Waals surface area contributed by atoms with Crippen LogP contribution in [0, 0.1) is 6.92 Å². The molecular formula is C28H25NO7. The van der Waals surface area contributed by atoms with Gasteiger partial charge in [0, 0.05) is 28.1 Å². The van der Waals surface area contributed by atoms with Crippen LogP contribution in [-0.2, 0) is 19.1 Å².